The number of benzene rings is 2. The van der Waals surface area contributed by atoms with Crippen molar-refractivity contribution in [1.82, 2.24) is 4.31 Å². The molecule has 2 aromatic carbocycles. The number of hydrogen-bond donors (Lipinski definition) is 1. The first-order valence-corrected chi connectivity index (χ1v) is 10.9. The molecule has 0 fully saturated rings. The van der Waals surface area contributed by atoms with E-state index in [2.05, 4.69) is 4.72 Å². The second-order valence-electron chi connectivity index (χ2n) is 5.80. The summed E-state index contributed by atoms with van der Waals surface area (Å²) in [5.74, 6) is 0.305. The van der Waals surface area contributed by atoms with Gasteiger partial charge in [0.05, 0.1) is 23.4 Å². The summed E-state index contributed by atoms with van der Waals surface area (Å²) in [6.45, 7) is 0. The summed E-state index contributed by atoms with van der Waals surface area (Å²) in [6.07, 6.45) is 0.257. The van der Waals surface area contributed by atoms with Gasteiger partial charge in [0.25, 0.3) is 0 Å². The Labute approximate surface area is 154 Å². The number of anilines is 1. The highest BCUT2D eigenvalue weighted by Gasteiger charge is 2.17. The highest BCUT2D eigenvalue weighted by molar-refractivity contribution is 7.92. The smallest absolute Gasteiger partial charge is 0.242 e. The lowest BCUT2D eigenvalue weighted by Gasteiger charge is -2.13. The van der Waals surface area contributed by atoms with Gasteiger partial charge in [-0.1, -0.05) is 24.3 Å². The van der Waals surface area contributed by atoms with E-state index in [1.807, 2.05) is 0 Å². The average molecular weight is 399 g/mol. The first-order valence-electron chi connectivity index (χ1n) is 7.81. The van der Waals surface area contributed by atoms with E-state index in [1.165, 1.54) is 33.3 Å². The number of aryl methyl sites for hydroxylation is 1. The van der Waals surface area contributed by atoms with E-state index < -0.39 is 20.0 Å². The van der Waals surface area contributed by atoms with Crippen molar-refractivity contribution >= 4 is 25.7 Å². The molecule has 26 heavy (non-hydrogen) atoms. The predicted octanol–water partition coefficient (Wildman–Crippen LogP) is 1.93. The van der Waals surface area contributed by atoms with Gasteiger partial charge >= 0.3 is 0 Å². The van der Waals surface area contributed by atoms with Crippen LogP contribution in [0.5, 0.6) is 5.75 Å². The van der Waals surface area contributed by atoms with E-state index in [0.29, 0.717) is 11.4 Å². The fourth-order valence-electron chi connectivity index (χ4n) is 2.24. The molecule has 0 aliphatic rings. The Morgan fingerprint density at radius 3 is 2.15 bits per heavy atom. The van der Waals surface area contributed by atoms with Crippen LogP contribution in [0.1, 0.15) is 5.56 Å². The van der Waals surface area contributed by atoms with Crippen molar-refractivity contribution in [2.24, 2.45) is 0 Å². The largest absolute Gasteiger partial charge is 0.495 e. The molecule has 9 heteroatoms. The van der Waals surface area contributed by atoms with Gasteiger partial charge in [0, 0.05) is 14.1 Å². The Balaban J connectivity index is 2.06. The number of ether oxygens (including phenoxy) is 1. The van der Waals surface area contributed by atoms with E-state index in [9.17, 15) is 16.8 Å². The predicted molar refractivity (Wildman–Crippen MR) is 101 cm³/mol. The van der Waals surface area contributed by atoms with Crippen molar-refractivity contribution in [1.29, 1.82) is 0 Å². The number of nitrogens with one attached hydrogen (secondary N) is 1. The van der Waals surface area contributed by atoms with Crippen molar-refractivity contribution in [3.8, 4) is 5.75 Å². The van der Waals surface area contributed by atoms with Crippen LogP contribution in [-0.4, -0.2) is 48.1 Å². The molecule has 142 valence electrons. The molecule has 0 unspecified atom stereocenters. The van der Waals surface area contributed by atoms with Crippen molar-refractivity contribution in [2.45, 2.75) is 11.3 Å². The zero-order valence-electron chi connectivity index (χ0n) is 14.8. The summed E-state index contributed by atoms with van der Waals surface area (Å²) < 4.78 is 57.4. The van der Waals surface area contributed by atoms with Crippen LogP contribution in [0.4, 0.5) is 5.69 Å². The fourth-order valence-corrected chi connectivity index (χ4v) is 4.25. The standard InChI is InChI=1S/C17H22N2O5S2/c1-19(2)26(22,23)15-10-8-14(9-11-15)12-13-25(20,21)18-16-6-4-5-7-17(16)24-3/h4-11,18H,12-13H2,1-3H3. The molecule has 7 nitrogen and oxygen atoms in total. The lowest BCUT2D eigenvalue weighted by molar-refractivity contribution is 0.417. The third-order valence-electron chi connectivity index (χ3n) is 3.73. The SMILES string of the molecule is COc1ccccc1NS(=O)(=O)CCc1ccc(S(=O)(=O)N(C)C)cc1. The van der Waals surface area contributed by atoms with Crippen LogP contribution < -0.4 is 9.46 Å². The molecule has 0 bridgehead atoms. The number of nitrogens with zero attached hydrogens (tertiary/aromatic N) is 1. The van der Waals surface area contributed by atoms with Gasteiger partial charge < -0.3 is 4.74 Å². The van der Waals surface area contributed by atoms with Gasteiger partial charge in [-0.3, -0.25) is 4.72 Å². The van der Waals surface area contributed by atoms with E-state index >= 15 is 0 Å². The second-order valence-corrected chi connectivity index (χ2v) is 9.80. The number of hydrogen-bond acceptors (Lipinski definition) is 5. The van der Waals surface area contributed by atoms with Crippen molar-refractivity contribution < 1.29 is 21.6 Å². The number of sulfonamides is 2. The van der Waals surface area contributed by atoms with Crippen LogP contribution in [-0.2, 0) is 26.5 Å². The molecule has 0 amide bonds. The van der Waals surface area contributed by atoms with Gasteiger partial charge in [-0.05, 0) is 36.2 Å². The summed E-state index contributed by atoms with van der Waals surface area (Å²) in [5, 5.41) is 0. The monoisotopic (exact) mass is 398 g/mol. The van der Waals surface area contributed by atoms with Gasteiger partial charge in [0.15, 0.2) is 0 Å². The maximum Gasteiger partial charge on any atom is 0.242 e. The van der Waals surface area contributed by atoms with Gasteiger partial charge in [-0.15, -0.1) is 0 Å². The van der Waals surface area contributed by atoms with E-state index in [-0.39, 0.29) is 17.1 Å². The quantitative estimate of drug-likeness (QED) is 0.733. The Morgan fingerprint density at radius 1 is 0.962 bits per heavy atom. The van der Waals surface area contributed by atoms with E-state index in [4.69, 9.17) is 4.74 Å². The van der Waals surface area contributed by atoms with Crippen molar-refractivity contribution in [3.05, 3.63) is 54.1 Å². The molecule has 2 aromatic rings. The number of rotatable bonds is 8. The molecule has 1 N–H and O–H groups in total. The summed E-state index contributed by atoms with van der Waals surface area (Å²) in [5.41, 5.74) is 1.11. The molecule has 0 aliphatic carbocycles. The van der Waals surface area contributed by atoms with Gasteiger partial charge in [0.2, 0.25) is 20.0 Å². The van der Waals surface area contributed by atoms with Gasteiger partial charge in [-0.2, -0.15) is 0 Å². The van der Waals surface area contributed by atoms with E-state index in [1.54, 1.807) is 36.4 Å². The van der Waals surface area contributed by atoms with Crippen LogP contribution in [0.25, 0.3) is 0 Å². The van der Waals surface area contributed by atoms with Crippen molar-refractivity contribution in [2.75, 3.05) is 31.7 Å². The van der Waals surface area contributed by atoms with Crippen LogP contribution in [0.15, 0.2) is 53.4 Å². The Kier molecular flexibility index (Phi) is 6.27. The average Bonchev–Trinajstić information content (AvgIpc) is 2.60. The third kappa shape index (κ3) is 4.96. The first kappa shape index (κ1) is 20.2. The summed E-state index contributed by atoms with van der Waals surface area (Å²) in [6, 6.07) is 12.9. The minimum absolute atomic E-state index is 0.134. The van der Waals surface area contributed by atoms with Crippen LogP contribution in [0.3, 0.4) is 0 Å². The molecule has 0 spiro atoms. The molecule has 0 saturated heterocycles. The van der Waals surface area contributed by atoms with Crippen LogP contribution in [0, 0.1) is 0 Å². The summed E-state index contributed by atoms with van der Waals surface area (Å²) in [7, 11) is -2.69. The number of para-hydroxylation sites is 2. The Bertz CT molecular complexity index is 953. The Hall–Kier alpha value is -2.10. The minimum Gasteiger partial charge on any atom is -0.495 e. The van der Waals surface area contributed by atoms with Crippen molar-refractivity contribution in [3.63, 3.8) is 0 Å². The molecule has 2 rings (SSSR count). The normalized spacial score (nSPS) is 12.2. The van der Waals surface area contributed by atoms with E-state index in [0.717, 1.165) is 9.87 Å². The van der Waals surface area contributed by atoms with Crippen LogP contribution >= 0.6 is 0 Å². The summed E-state index contributed by atoms with van der Waals surface area (Å²) in [4.78, 5) is 0.168. The molecule has 0 heterocycles. The molecular weight excluding hydrogens is 376 g/mol. The summed E-state index contributed by atoms with van der Waals surface area (Å²) >= 11 is 0. The fraction of sp³-hybridized carbons (Fsp3) is 0.294. The van der Waals surface area contributed by atoms with Gasteiger partial charge in [-0.25, -0.2) is 21.1 Å². The zero-order valence-corrected chi connectivity index (χ0v) is 16.5. The zero-order chi connectivity index (χ0) is 19.4. The highest BCUT2D eigenvalue weighted by Crippen LogP contribution is 2.24. The molecule has 0 aliphatic heterocycles. The topological polar surface area (TPSA) is 92.8 Å². The molecule has 0 atom stereocenters. The third-order valence-corrected chi connectivity index (χ3v) is 6.84. The molecule has 0 saturated carbocycles. The lowest BCUT2D eigenvalue weighted by Crippen LogP contribution is -2.22. The highest BCUT2D eigenvalue weighted by atomic mass is 32.2. The Morgan fingerprint density at radius 2 is 1.58 bits per heavy atom. The number of methoxy groups -OCH3 is 1. The lowest BCUT2D eigenvalue weighted by atomic mass is 10.2. The maximum atomic E-state index is 12.3. The molecular formula is C17H22N2O5S2. The maximum absolute atomic E-state index is 12.3. The van der Waals surface area contributed by atoms with Gasteiger partial charge in [0.1, 0.15) is 5.75 Å². The van der Waals surface area contributed by atoms with Crippen LogP contribution in [0.2, 0.25) is 0 Å². The molecule has 0 aromatic heterocycles. The second kappa shape index (κ2) is 8.07. The minimum atomic E-state index is -3.57. The first-order chi connectivity index (χ1) is 12.2. The molecule has 0 radical (unpaired) electrons.